The van der Waals surface area contributed by atoms with Crippen LogP contribution in [0.2, 0.25) is 0 Å². The number of thioether (sulfide) groups is 1. The van der Waals surface area contributed by atoms with Gasteiger partial charge in [-0.15, -0.1) is 27.1 Å². The number of benzene rings is 1. The highest BCUT2D eigenvalue weighted by atomic mass is 32.2. The lowest BCUT2D eigenvalue weighted by molar-refractivity contribution is 0.137. The molecule has 1 N–H and O–H groups in total. The SMILES string of the molecule is CSc1ccc(Nc2ccc3nnc(C(F)F)n3n2)cc1. The van der Waals surface area contributed by atoms with Crippen molar-refractivity contribution in [3.05, 3.63) is 42.2 Å². The van der Waals surface area contributed by atoms with E-state index >= 15 is 0 Å². The van der Waals surface area contributed by atoms with Gasteiger partial charge in [0.2, 0.25) is 5.82 Å². The molecule has 0 amide bonds. The molecular weight excluding hydrogens is 296 g/mol. The molecule has 0 saturated heterocycles. The Morgan fingerprint density at radius 2 is 1.86 bits per heavy atom. The maximum absolute atomic E-state index is 12.8. The van der Waals surface area contributed by atoms with E-state index < -0.39 is 12.2 Å². The van der Waals surface area contributed by atoms with Gasteiger partial charge in [-0.2, -0.15) is 4.52 Å². The summed E-state index contributed by atoms with van der Waals surface area (Å²) in [5.41, 5.74) is 1.11. The normalized spacial score (nSPS) is 11.2. The maximum atomic E-state index is 12.8. The number of nitrogens with zero attached hydrogens (tertiary/aromatic N) is 4. The molecule has 0 aliphatic carbocycles. The topological polar surface area (TPSA) is 55.1 Å². The van der Waals surface area contributed by atoms with Gasteiger partial charge in [-0.05, 0) is 42.7 Å². The van der Waals surface area contributed by atoms with Crippen LogP contribution in [0.4, 0.5) is 20.3 Å². The highest BCUT2D eigenvalue weighted by molar-refractivity contribution is 7.98. The van der Waals surface area contributed by atoms with Crippen molar-refractivity contribution < 1.29 is 8.78 Å². The number of halogens is 2. The molecular formula is C13H11F2N5S. The van der Waals surface area contributed by atoms with Crippen molar-refractivity contribution in [1.29, 1.82) is 0 Å². The van der Waals surface area contributed by atoms with Crippen molar-refractivity contribution in [2.45, 2.75) is 11.3 Å². The van der Waals surface area contributed by atoms with Crippen molar-refractivity contribution in [1.82, 2.24) is 19.8 Å². The Kier molecular flexibility index (Phi) is 3.70. The summed E-state index contributed by atoms with van der Waals surface area (Å²) in [5, 5.41) is 14.2. The third-order valence-electron chi connectivity index (χ3n) is 2.84. The molecule has 0 atom stereocenters. The van der Waals surface area contributed by atoms with Gasteiger partial charge in [0, 0.05) is 10.6 Å². The van der Waals surface area contributed by atoms with Gasteiger partial charge in [-0.1, -0.05) is 0 Å². The Balaban J connectivity index is 1.91. The number of nitrogens with one attached hydrogen (secondary N) is 1. The minimum atomic E-state index is -2.72. The second-order valence-corrected chi connectivity index (χ2v) is 5.08. The van der Waals surface area contributed by atoms with E-state index in [4.69, 9.17) is 0 Å². The molecule has 2 aromatic heterocycles. The summed E-state index contributed by atoms with van der Waals surface area (Å²) >= 11 is 1.64. The Morgan fingerprint density at radius 3 is 2.52 bits per heavy atom. The molecule has 108 valence electrons. The number of alkyl halides is 2. The van der Waals surface area contributed by atoms with Gasteiger partial charge in [0.1, 0.15) is 0 Å². The van der Waals surface area contributed by atoms with Gasteiger partial charge in [-0.25, -0.2) is 8.78 Å². The van der Waals surface area contributed by atoms with Crippen molar-refractivity contribution in [2.24, 2.45) is 0 Å². The molecule has 0 spiro atoms. The van der Waals surface area contributed by atoms with Crippen molar-refractivity contribution in [3.8, 4) is 0 Å². The number of aromatic nitrogens is 4. The fraction of sp³-hybridized carbons (Fsp3) is 0.154. The fourth-order valence-electron chi connectivity index (χ4n) is 1.83. The van der Waals surface area contributed by atoms with E-state index in [0.717, 1.165) is 15.1 Å². The van der Waals surface area contributed by atoms with E-state index in [9.17, 15) is 8.78 Å². The predicted molar refractivity (Wildman–Crippen MR) is 77.2 cm³/mol. The van der Waals surface area contributed by atoms with Crippen LogP contribution in [0, 0.1) is 0 Å². The van der Waals surface area contributed by atoms with Crippen LogP contribution in [0.5, 0.6) is 0 Å². The van der Waals surface area contributed by atoms with Gasteiger partial charge in [-0.3, -0.25) is 0 Å². The molecule has 3 aromatic rings. The first-order valence-corrected chi connectivity index (χ1v) is 7.31. The molecule has 8 heteroatoms. The standard InChI is InChI=1S/C13H11F2N5S/c1-21-9-4-2-8(3-5-9)16-10-6-7-11-17-18-13(12(14)15)20(11)19-10/h2-7,12H,1H3,(H,16,19). The Bertz CT molecular complexity index is 757. The average molecular weight is 307 g/mol. The zero-order chi connectivity index (χ0) is 14.8. The molecule has 21 heavy (non-hydrogen) atoms. The summed E-state index contributed by atoms with van der Waals surface area (Å²) in [7, 11) is 0. The monoisotopic (exact) mass is 307 g/mol. The summed E-state index contributed by atoms with van der Waals surface area (Å²) in [6.07, 6.45) is -0.723. The summed E-state index contributed by atoms with van der Waals surface area (Å²) in [4.78, 5) is 1.14. The molecule has 0 unspecified atom stereocenters. The Hall–Kier alpha value is -2.22. The minimum Gasteiger partial charge on any atom is -0.339 e. The molecule has 0 saturated carbocycles. The first-order valence-electron chi connectivity index (χ1n) is 6.09. The van der Waals surface area contributed by atoms with Crippen LogP contribution < -0.4 is 5.32 Å². The number of anilines is 2. The second-order valence-electron chi connectivity index (χ2n) is 4.20. The van der Waals surface area contributed by atoms with Gasteiger partial charge in [0.25, 0.3) is 6.43 Å². The third-order valence-corrected chi connectivity index (χ3v) is 3.59. The molecule has 0 fully saturated rings. The number of fused-ring (bicyclic) bond motifs is 1. The van der Waals surface area contributed by atoms with Crippen LogP contribution in [0.1, 0.15) is 12.2 Å². The van der Waals surface area contributed by atoms with Gasteiger partial charge < -0.3 is 5.32 Å². The van der Waals surface area contributed by atoms with Crippen molar-refractivity contribution in [2.75, 3.05) is 11.6 Å². The smallest absolute Gasteiger partial charge is 0.299 e. The molecule has 1 aromatic carbocycles. The first kappa shape index (κ1) is 13.7. The van der Waals surface area contributed by atoms with Crippen molar-refractivity contribution >= 4 is 28.9 Å². The summed E-state index contributed by atoms with van der Waals surface area (Å²) in [6, 6.07) is 11.0. The highest BCUT2D eigenvalue weighted by Crippen LogP contribution is 2.21. The Labute approximate surface area is 123 Å². The number of rotatable bonds is 4. The summed E-state index contributed by atoms with van der Waals surface area (Å²) in [5.74, 6) is -0.0208. The number of hydrogen-bond acceptors (Lipinski definition) is 5. The van der Waals surface area contributed by atoms with E-state index in [1.165, 1.54) is 0 Å². The Morgan fingerprint density at radius 1 is 1.10 bits per heavy atom. The second kappa shape index (κ2) is 5.65. The van der Waals surface area contributed by atoms with Crippen LogP contribution in [0.3, 0.4) is 0 Å². The van der Waals surface area contributed by atoms with E-state index in [0.29, 0.717) is 5.82 Å². The van der Waals surface area contributed by atoms with E-state index in [2.05, 4.69) is 20.6 Å². The summed E-state index contributed by atoms with van der Waals surface area (Å²) < 4.78 is 26.6. The zero-order valence-electron chi connectivity index (χ0n) is 11.0. The van der Waals surface area contributed by atoms with Crippen LogP contribution in [0.15, 0.2) is 41.3 Å². The lowest BCUT2D eigenvalue weighted by atomic mass is 10.3. The van der Waals surface area contributed by atoms with E-state index in [1.54, 1.807) is 23.9 Å². The molecule has 0 radical (unpaired) electrons. The lowest BCUT2D eigenvalue weighted by Gasteiger charge is -2.06. The zero-order valence-corrected chi connectivity index (χ0v) is 11.8. The molecule has 2 heterocycles. The van der Waals surface area contributed by atoms with Crippen LogP contribution in [0.25, 0.3) is 5.65 Å². The fourth-order valence-corrected chi connectivity index (χ4v) is 2.24. The molecule has 0 aliphatic heterocycles. The summed E-state index contributed by atoms with van der Waals surface area (Å²) in [6.45, 7) is 0. The minimum absolute atomic E-state index is 0.286. The van der Waals surface area contributed by atoms with Crippen LogP contribution >= 0.6 is 11.8 Å². The molecule has 5 nitrogen and oxygen atoms in total. The van der Waals surface area contributed by atoms with E-state index in [1.807, 2.05) is 30.5 Å². The average Bonchev–Trinajstić information content (AvgIpc) is 2.91. The largest absolute Gasteiger partial charge is 0.339 e. The third kappa shape index (κ3) is 2.80. The van der Waals surface area contributed by atoms with Crippen LogP contribution in [-0.2, 0) is 0 Å². The highest BCUT2D eigenvalue weighted by Gasteiger charge is 2.16. The van der Waals surface area contributed by atoms with Crippen LogP contribution in [-0.4, -0.2) is 26.1 Å². The van der Waals surface area contributed by atoms with Gasteiger partial charge in [0.05, 0.1) is 0 Å². The molecule has 3 rings (SSSR count). The number of hydrogen-bond donors (Lipinski definition) is 1. The molecule has 0 aliphatic rings. The van der Waals surface area contributed by atoms with E-state index in [-0.39, 0.29) is 5.65 Å². The maximum Gasteiger partial charge on any atom is 0.299 e. The van der Waals surface area contributed by atoms with Crippen molar-refractivity contribution in [3.63, 3.8) is 0 Å². The lowest BCUT2D eigenvalue weighted by Crippen LogP contribution is -2.02. The quantitative estimate of drug-likeness (QED) is 0.747. The first-order chi connectivity index (χ1) is 10.2. The van der Waals surface area contributed by atoms with Gasteiger partial charge >= 0.3 is 0 Å². The predicted octanol–water partition coefficient (Wildman–Crippen LogP) is 3.53. The molecule has 0 bridgehead atoms. The van der Waals surface area contributed by atoms with Gasteiger partial charge in [0.15, 0.2) is 11.5 Å².